The average Bonchev–Trinajstić information content (AvgIpc) is 2.61. The molecule has 3 rings (SSSR count). The Hall–Kier alpha value is -2.19. The molecular weight excluding hydrogens is 374 g/mol. The van der Waals surface area contributed by atoms with Crippen molar-refractivity contribution >= 4 is 29.1 Å². The number of hydrogen-bond donors (Lipinski definition) is 2. The Morgan fingerprint density at radius 1 is 1.44 bits per heavy atom. The van der Waals surface area contributed by atoms with Crippen LogP contribution in [0, 0.1) is 22.0 Å². The van der Waals surface area contributed by atoms with Gasteiger partial charge >= 0.3 is 0 Å². The second kappa shape index (κ2) is 8.22. The van der Waals surface area contributed by atoms with E-state index in [0.717, 1.165) is 12.8 Å². The van der Waals surface area contributed by atoms with Crippen molar-refractivity contribution in [1.29, 1.82) is 0 Å². The van der Waals surface area contributed by atoms with Gasteiger partial charge in [-0.2, -0.15) is 0 Å². The highest BCUT2D eigenvalue weighted by Gasteiger charge is 2.41. The van der Waals surface area contributed by atoms with E-state index < -0.39 is 10.8 Å². The standard InChI is InChI=1S/C18H22ClN3O5/c1-27-9-10-6-17(23)21-16-7-11(2-4-13(10)16)20-18(24)14-8-12(22(25)26)3-5-15(14)19/h3,5,8,10-11,13,16H,2,4,6-7,9H2,1H3,(H,20,24)(H,21,23). The van der Waals surface area contributed by atoms with Crippen molar-refractivity contribution in [2.24, 2.45) is 11.8 Å². The molecule has 2 aliphatic rings. The number of carbonyl (C=O) groups is 2. The van der Waals surface area contributed by atoms with Crippen LogP contribution in [-0.4, -0.2) is 42.5 Å². The summed E-state index contributed by atoms with van der Waals surface area (Å²) < 4.78 is 5.25. The highest BCUT2D eigenvalue weighted by Crippen LogP contribution is 2.35. The minimum Gasteiger partial charge on any atom is -0.384 e. The third kappa shape index (κ3) is 4.39. The van der Waals surface area contributed by atoms with Crippen LogP contribution in [0.1, 0.15) is 36.0 Å². The van der Waals surface area contributed by atoms with Gasteiger partial charge in [-0.05, 0) is 37.2 Å². The molecule has 0 spiro atoms. The number of benzene rings is 1. The van der Waals surface area contributed by atoms with Gasteiger partial charge in [0.15, 0.2) is 0 Å². The van der Waals surface area contributed by atoms with Crippen molar-refractivity contribution < 1.29 is 19.2 Å². The highest BCUT2D eigenvalue weighted by atomic mass is 35.5. The van der Waals surface area contributed by atoms with E-state index in [1.54, 1.807) is 7.11 Å². The molecule has 1 heterocycles. The first-order chi connectivity index (χ1) is 12.9. The summed E-state index contributed by atoms with van der Waals surface area (Å²) in [6.07, 6.45) is 2.73. The Balaban J connectivity index is 1.67. The van der Waals surface area contributed by atoms with E-state index in [9.17, 15) is 19.7 Å². The zero-order valence-electron chi connectivity index (χ0n) is 14.9. The number of fused-ring (bicyclic) bond motifs is 1. The minimum atomic E-state index is -0.564. The lowest BCUT2D eigenvalue weighted by Crippen LogP contribution is -2.56. The van der Waals surface area contributed by atoms with E-state index in [1.807, 2.05) is 0 Å². The summed E-state index contributed by atoms with van der Waals surface area (Å²) >= 11 is 6.04. The van der Waals surface area contributed by atoms with Gasteiger partial charge in [0, 0.05) is 44.4 Å². The van der Waals surface area contributed by atoms with Gasteiger partial charge in [-0.1, -0.05) is 11.6 Å². The van der Waals surface area contributed by atoms with Gasteiger partial charge in [-0.15, -0.1) is 0 Å². The number of nitro benzene ring substituents is 1. The summed E-state index contributed by atoms with van der Waals surface area (Å²) in [6, 6.07) is 3.65. The van der Waals surface area contributed by atoms with E-state index >= 15 is 0 Å². The van der Waals surface area contributed by atoms with Crippen molar-refractivity contribution in [2.45, 2.75) is 37.8 Å². The van der Waals surface area contributed by atoms with Crippen LogP contribution in [-0.2, 0) is 9.53 Å². The molecule has 1 aromatic carbocycles. The molecular formula is C18H22ClN3O5. The summed E-state index contributed by atoms with van der Waals surface area (Å²) in [5, 5.41) is 17.0. The number of amides is 2. The van der Waals surface area contributed by atoms with E-state index in [-0.39, 0.29) is 40.2 Å². The molecule has 4 unspecified atom stereocenters. The molecule has 0 bridgehead atoms. The van der Waals surface area contributed by atoms with Crippen molar-refractivity contribution in [3.8, 4) is 0 Å². The smallest absolute Gasteiger partial charge is 0.270 e. The van der Waals surface area contributed by atoms with Crippen molar-refractivity contribution in [3.63, 3.8) is 0 Å². The van der Waals surface area contributed by atoms with Crippen molar-refractivity contribution in [1.82, 2.24) is 10.6 Å². The van der Waals surface area contributed by atoms with Crippen LogP contribution in [0.4, 0.5) is 5.69 Å². The Morgan fingerprint density at radius 3 is 2.93 bits per heavy atom. The molecule has 1 saturated carbocycles. The van der Waals surface area contributed by atoms with Gasteiger partial charge in [0.2, 0.25) is 5.91 Å². The SMILES string of the molecule is COCC1CC(=O)NC2CC(NC(=O)c3cc([N+](=O)[O-])ccc3Cl)CCC12. The van der Waals surface area contributed by atoms with E-state index in [0.29, 0.717) is 25.4 Å². The molecule has 0 radical (unpaired) electrons. The monoisotopic (exact) mass is 395 g/mol. The normalized spacial score (nSPS) is 27.4. The molecule has 146 valence electrons. The minimum absolute atomic E-state index is 0.00649. The largest absolute Gasteiger partial charge is 0.384 e. The maximum atomic E-state index is 12.6. The number of halogens is 1. The average molecular weight is 396 g/mol. The lowest BCUT2D eigenvalue weighted by atomic mass is 9.71. The molecule has 1 aliphatic heterocycles. The van der Waals surface area contributed by atoms with Crippen LogP contribution in [0.5, 0.6) is 0 Å². The van der Waals surface area contributed by atoms with Crippen LogP contribution >= 0.6 is 11.6 Å². The summed E-state index contributed by atoms with van der Waals surface area (Å²) in [4.78, 5) is 34.9. The Bertz CT molecular complexity index is 757. The number of non-ortho nitro benzene ring substituents is 1. The third-order valence-electron chi connectivity index (χ3n) is 5.42. The quantitative estimate of drug-likeness (QED) is 0.587. The maximum Gasteiger partial charge on any atom is 0.270 e. The second-order valence-corrected chi connectivity index (χ2v) is 7.57. The second-order valence-electron chi connectivity index (χ2n) is 7.16. The highest BCUT2D eigenvalue weighted by molar-refractivity contribution is 6.33. The molecule has 2 amide bonds. The van der Waals surface area contributed by atoms with Gasteiger partial charge in [0.05, 0.1) is 15.5 Å². The van der Waals surface area contributed by atoms with Crippen molar-refractivity contribution in [3.05, 3.63) is 38.9 Å². The first-order valence-electron chi connectivity index (χ1n) is 8.92. The number of rotatable bonds is 5. The first-order valence-corrected chi connectivity index (χ1v) is 9.30. The molecule has 1 aromatic rings. The lowest BCUT2D eigenvalue weighted by Gasteiger charge is -2.43. The van der Waals surface area contributed by atoms with Gasteiger partial charge in [0.1, 0.15) is 0 Å². The molecule has 4 atom stereocenters. The van der Waals surface area contributed by atoms with Crippen LogP contribution in [0.25, 0.3) is 0 Å². The predicted molar refractivity (Wildman–Crippen MR) is 98.6 cm³/mol. The molecule has 1 aliphatic carbocycles. The Morgan fingerprint density at radius 2 is 2.22 bits per heavy atom. The zero-order valence-corrected chi connectivity index (χ0v) is 15.7. The number of hydrogen-bond acceptors (Lipinski definition) is 5. The van der Waals surface area contributed by atoms with Crippen LogP contribution in [0.15, 0.2) is 18.2 Å². The Labute approximate surface area is 161 Å². The van der Waals surface area contributed by atoms with Gasteiger partial charge in [-0.25, -0.2) is 0 Å². The van der Waals surface area contributed by atoms with Gasteiger partial charge in [-0.3, -0.25) is 19.7 Å². The maximum absolute atomic E-state index is 12.6. The predicted octanol–water partition coefficient (Wildman–Crippen LogP) is 2.30. The topological polar surface area (TPSA) is 111 Å². The molecule has 0 aromatic heterocycles. The fourth-order valence-electron chi connectivity index (χ4n) is 4.17. The van der Waals surface area contributed by atoms with Crippen LogP contribution in [0.2, 0.25) is 5.02 Å². The number of nitrogens with one attached hydrogen (secondary N) is 2. The van der Waals surface area contributed by atoms with Crippen LogP contribution < -0.4 is 10.6 Å². The van der Waals surface area contributed by atoms with Gasteiger partial charge in [0.25, 0.3) is 11.6 Å². The summed E-state index contributed by atoms with van der Waals surface area (Å²) in [5.74, 6) is 0.0866. The van der Waals surface area contributed by atoms with Gasteiger partial charge < -0.3 is 15.4 Å². The van der Waals surface area contributed by atoms with Crippen LogP contribution in [0.3, 0.4) is 0 Å². The fraction of sp³-hybridized carbons (Fsp3) is 0.556. The summed E-state index contributed by atoms with van der Waals surface area (Å²) in [6.45, 7) is 0.550. The zero-order chi connectivity index (χ0) is 19.6. The molecule has 2 fully saturated rings. The summed E-state index contributed by atoms with van der Waals surface area (Å²) in [5.41, 5.74) is -0.104. The van der Waals surface area contributed by atoms with E-state index in [2.05, 4.69) is 10.6 Å². The van der Waals surface area contributed by atoms with E-state index in [1.165, 1.54) is 18.2 Å². The number of carbonyl (C=O) groups excluding carboxylic acids is 2. The summed E-state index contributed by atoms with van der Waals surface area (Å²) in [7, 11) is 1.64. The number of ether oxygens (including phenoxy) is 1. The number of methoxy groups -OCH3 is 1. The number of nitrogens with zero attached hydrogens (tertiary/aromatic N) is 1. The molecule has 8 nitrogen and oxygen atoms in total. The fourth-order valence-corrected chi connectivity index (χ4v) is 4.37. The molecule has 2 N–H and O–H groups in total. The molecule has 27 heavy (non-hydrogen) atoms. The number of nitro groups is 1. The van der Waals surface area contributed by atoms with E-state index in [4.69, 9.17) is 16.3 Å². The molecule has 1 saturated heterocycles. The third-order valence-corrected chi connectivity index (χ3v) is 5.75. The molecule has 9 heteroatoms. The first kappa shape index (κ1) is 19.6. The van der Waals surface area contributed by atoms with Crippen molar-refractivity contribution in [2.75, 3.05) is 13.7 Å². The Kier molecular flexibility index (Phi) is 5.96. The lowest BCUT2D eigenvalue weighted by molar-refractivity contribution is -0.384. The number of piperidine rings is 1.